The van der Waals surface area contributed by atoms with Crippen LogP contribution in [0.3, 0.4) is 0 Å². The van der Waals surface area contributed by atoms with Gasteiger partial charge in [0.15, 0.2) is 0 Å². The molecule has 0 spiro atoms. The molecule has 0 radical (unpaired) electrons. The SMILES string of the molecule is CCCCCC(=Cc1ccccc1)C(=O)OCc1ccccc1. The van der Waals surface area contributed by atoms with Gasteiger partial charge in [0.25, 0.3) is 0 Å². The first-order chi connectivity index (χ1) is 11.3. The maximum atomic E-state index is 12.4. The van der Waals surface area contributed by atoms with Gasteiger partial charge in [-0.05, 0) is 30.0 Å². The summed E-state index contributed by atoms with van der Waals surface area (Å²) in [6, 6.07) is 19.7. The molecule has 0 saturated carbocycles. The zero-order valence-electron chi connectivity index (χ0n) is 13.7. The van der Waals surface area contributed by atoms with Crippen molar-refractivity contribution >= 4 is 12.0 Å². The lowest BCUT2D eigenvalue weighted by Crippen LogP contribution is -2.08. The van der Waals surface area contributed by atoms with Crippen molar-refractivity contribution in [3.8, 4) is 0 Å². The van der Waals surface area contributed by atoms with Crippen molar-refractivity contribution in [1.29, 1.82) is 0 Å². The van der Waals surface area contributed by atoms with Crippen molar-refractivity contribution in [2.45, 2.75) is 39.2 Å². The summed E-state index contributed by atoms with van der Waals surface area (Å²) in [6.07, 6.45) is 5.98. The largest absolute Gasteiger partial charge is 0.457 e. The van der Waals surface area contributed by atoms with E-state index in [4.69, 9.17) is 4.74 Å². The summed E-state index contributed by atoms with van der Waals surface area (Å²) in [7, 11) is 0. The first-order valence-corrected chi connectivity index (χ1v) is 8.26. The van der Waals surface area contributed by atoms with Gasteiger partial charge in [0.2, 0.25) is 0 Å². The summed E-state index contributed by atoms with van der Waals surface area (Å²) in [5.74, 6) is -0.214. The van der Waals surface area contributed by atoms with E-state index in [0.29, 0.717) is 6.61 Å². The van der Waals surface area contributed by atoms with Gasteiger partial charge >= 0.3 is 5.97 Å². The van der Waals surface area contributed by atoms with Crippen LogP contribution in [-0.4, -0.2) is 5.97 Å². The van der Waals surface area contributed by atoms with Crippen LogP contribution in [-0.2, 0) is 16.1 Å². The third-order valence-electron chi connectivity index (χ3n) is 3.67. The van der Waals surface area contributed by atoms with E-state index in [1.54, 1.807) is 0 Å². The molecule has 0 amide bonds. The molecule has 0 heterocycles. The van der Waals surface area contributed by atoms with Gasteiger partial charge in [-0.2, -0.15) is 0 Å². The average molecular weight is 308 g/mol. The summed E-state index contributed by atoms with van der Waals surface area (Å²) in [5, 5.41) is 0. The van der Waals surface area contributed by atoms with Crippen molar-refractivity contribution in [1.82, 2.24) is 0 Å². The molecule has 2 aromatic carbocycles. The Balaban J connectivity index is 2.03. The van der Waals surface area contributed by atoms with E-state index in [1.807, 2.05) is 66.7 Å². The minimum Gasteiger partial charge on any atom is -0.457 e. The Kier molecular flexibility index (Phi) is 7.12. The lowest BCUT2D eigenvalue weighted by Gasteiger charge is -2.09. The van der Waals surface area contributed by atoms with Crippen LogP contribution < -0.4 is 0 Å². The van der Waals surface area contributed by atoms with Crippen molar-refractivity contribution < 1.29 is 9.53 Å². The number of carbonyl (C=O) groups is 1. The highest BCUT2D eigenvalue weighted by Gasteiger charge is 2.11. The molecule has 0 N–H and O–H groups in total. The molecule has 0 aromatic heterocycles. The summed E-state index contributed by atoms with van der Waals surface area (Å²) in [5.41, 5.74) is 2.80. The predicted molar refractivity (Wildman–Crippen MR) is 94.8 cm³/mol. The maximum Gasteiger partial charge on any atom is 0.334 e. The molecule has 2 heteroatoms. The molecular formula is C21H24O2. The minimum atomic E-state index is -0.214. The van der Waals surface area contributed by atoms with E-state index >= 15 is 0 Å². The van der Waals surface area contributed by atoms with Gasteiger partial charge in [0, 0.05) is 5.57 Å². The van der Waals surface area contributed by atoms with Crippen LogP contribution in [0.25, 0.3) is 6.08 Å². The van der Waals surface area contributed by atoms with Gasteiger partial charge in [-0.15, -0.1) is 0 Å². The van der Waals surface area contributed by atoms with E-state index in [9.17, 15) is 4.79 Å². The Hall–Kier alpha value is -2.35. The molecule has 120 valence electrons. The second-order valence-electron chi connectivity index (χ2n) is 5.60. The highest BCUT2D eigenvalue weighted by atomic mass is 16.5. The maximum absolute atomic E-state index is 12.4. The Morgan fingerprint density at radius 3 is 2.26 bits per heavy atom. The van der Waals surface area contributed by atoms with Crippen molar-refractivity contribution in [3.05, 3.63) is 77.4 Å². The molecule has 0 unspecified atom stereocenters. The second kappa shape index (κ2) is 9.62. The van der Waals surface area contributed by atoms with E-state index in [1.165, 1.54) is 0 Å². The van der Waals surface area contributed by atoms with Crippen LogP contribution >= 0.6 is 0 Å². The van der Waals surface area contributed by atoms with Crippen molar-refractivity contribution in [2.24, 2.45) is 0 Å². The fraction of sp³-hybridized carbons (Fsp3) is 0.286. The molecule has 2 aromatic rings. The van der Waals surface area contributed by atoms with Crippen LogP contribution in [0, 0.1) is 0 Å². The van der Waals surface area contributed by atoms with E-state index in [-0.39, 0.29) is 5.97 Å². The lowest BCUT2D eigenvalue weighted by atomic mass is 10.0. The fourth-order valence-corrected chi connectivity index (χ4v) is 2.36. The van der Waals surface area contributed by atoms with Crippen LogP contribution in [0.5, 0.6) is 0 Å². The van der Waals surface area contributed by atoms with Gasteiger partial charge in [0.05, 0.1) is 0 Å². The molecule has 0 aliphatic rings. The summed E-state index contributed by atoms with van der Waals surface area (Å²) < 4.78 is 5.49. The highest BCUT2D eigenvalue weighted by Crippen LogP contribution is 2.16. The Morgan fingerprint density at radius 2 is 1.61 bits per heavy atom. The number of benzene rings is 2. The summed E-state index contributed by atoms with van der Waals surface area (Å²) in [6.45, 7) is 2.48. The minimum absolute atomic E-state index is 0.214. The molecule has 0 fully saturated rings. The average Bonchev–Trinajstić information content (AvgIpc) is 2.61. The Labute approximate surface area is 138 Å². The number of carbonyl (C=O) groups excluding carboxylic acids is 1. The number of unbranched alkanes of at least 4 members (excludes halogenated alkanes) is 2. The van der Waals surface area contributed by atoms with E-state index < -0.39 is 0 Å². The Bertz CT molecular complexity index is 615. The molecule has 0 aliphatic heterocycles. The van der Waals surface area contributed by atoms with Gasteiger partial charge in [-0.3, -0.25) is 0 Å². The van der Waals surface area contributed by atoms with Crippen LogP contribution in [0.1, 0.15) is 43.7 Å². The number of rotatable bonds is 8. The number of ether oxygens (including phenoxy) is 1. The monoisotopic (exact) mass is 308 g/mol. The van der Waals surface area contributed by atoms with Crippen molar-refractivity contribution in [3.63, 3.8) is 0 Å². The molecule has 0 atom stereocenters. The molecular weight excluding hydrogens is 284 g/mol. The van der Waals surface area contributed by atoms with Crippen LogP contribution in [0.2, 0.25) is 0 Å². The predicted octanol–water partition coefficient (Wildman–Crippen LogP) is 5.39. The zero-order chi connectivity index (χ0) is 16.3. The van der Waals surface area contributed by atoms with Gasteiger partial charge < -0.3 is 4.74 Å². The first-order valence-electron chi connectivity index (χ1n) is 8.26. The number of hydrogen-bond acceptors (Lipinski definition) is 2. The molecule has 23 heavy (non-hydrogen) atoms. The third kappa shape index (κ3) is 6.11. The van der Waals surface area contributed by atoms with Crippen LogP contribution in [0.4, 0.5) is 0 Å². The van der Waals surface area contributed by atoms with Crippen LogP contribution in [0.15, 0.2) is 66.2 Å². The van der Waals surface area contributed by atoms with Gasteiger partial charge in [-0.1, -0.05) is 80.4 Å². The molecule has 0 saturated heterocycles. The highest BCUT2D eigenvalue weighted by molar-refractivity contribution is 5.93. The summed E-state index contributed by atoms with van der Waals surface area (Å²) in [4.78, 5) is 12.4. The molecule has 0 aliphatic carbocycles. The quantitative estimate of drug-likeness (QED) is 0.371. The topological polar surface area (TPSA) is 26.3 Å². The fourth-order valence-electron chi connectivity index (χ4n) is 2.36. The Morgan fingerprint density at radius 1 is 0.957 bits per heavy atom. The standard InChI is InChI=1S/C21H24O2/c1-2-3-6-15-20(16-18-11-7-4-8-12-18)21(22)23-17-19-13-9-5-10-14-19/h4-5,7-14,16H,2-3,6,15,17H2,1H3. The zero-order valence-corrected chi connectivity index (χ0v) is 13.7. The smallest absolute Gasteiger partial charge is 0.334 e. The first kappa shape index (κ1) is 17.0. The summed E-state index contributed by atoms with van der Waals surface area (Å²) >= 11 is 0. The van der Waals surface area contributed by atoms with Crippen molar-refractivity contribution in [2.75, 3.05) is 0 Å². The van der Waals surface area contributed by atoms with Gasteiger partial charge in [0.1, 0.15) is 6.61 Å². The molecule has 0 bridgehead atoms. The van der Waals surface area contributed by atoms with Gasteiger partial charge in [-0.25, -0.2) is 4.79 Å². The normalized spacial score (nSPS) is 11.3. The van der Waals surface area contributed by atoms with E-state index in [2.05, 4.69) is 6.92 Å². The van der Waals surface area contributed by atoms with E-state index in [0.717, 1.165) is 42.4 Å². The molecule has 2 nitrogen and oxygen atoms in total. The number of hydrogen-bond donors (Lipinski definition) is 0. The lowest BCUT2D eigenvalue weighted by molar-refractivity contribution is -0.140. The third-order valence-corrected chi connectivity index (χ3v) is 3.67. The second-order valence-corrected chi connectivity index (χ2v) is 5.60. The molecule has 2 rings (SSSR count). The number of esters is 1.